The number of anilines is 1. The largest absolute Gasteiger partial charge is 0.379 e. The van der Waals surface area contributed by atoms with Crippen molar-refractivity contribution in [1.29, 1.82) is 0 Å². The first kappa shape index (κ1) is 19.5. The van der Waals surface area contributed by atoms with Gasteiger partial charge in [-0.3, -0.25) is 4.90 Å². The van der Waals surface area contributed by atoms with Gasteiger partial charge < -0.3 is 10.1 Å². The number of benzene rings is 1. The molecule has 0 amide bonds. The lowest BCUT2D eigenvalue weighted by molar-refractivity contribution is 0.00791. The molecule has 0 spiro atoms. The van der Waals surface area contributed by atoms with E-state index in [2.05, 4.69) is 42.2 Å². The van der Waals surface area contributed by atoms with Crippen molar-refractivity contribution < 1.29 is 4.74 Å². The first-order valence-corrected chi connectivity index (χ1v) is 10.6. The molecule has 1 aromatic carbocycles. The Bertz CT molecular complexity index is 697. The summed E-state index contributed by atoms with van der Waals surface area (Å²) >= 11 is 3.54. The molecule has 0 atom stereocenters. The number of morpholine rings is 1. The van der Waals surface area contributed by atoms with E-state index in [1.54, 1.807) is 6.33 Å². The van der Waals surface area contributed by atoms with Crippen molar-refractivity contribution in [2.24, 2.45) is 0 Å². The van der Waals surface area contributed by atoms with E-state index in [1.807, 2.05) is 26.0 Å². The summed E-state index contributed by atoms with van der Waals surface area (Å²) in [5.41, 5.74) is 0.984. The van der Waals surface area contributed by atoms with E-state index >= 15 is 0 Å². The number of nitrogens with one attached hydrogen (secondary N) is 1. The van der Waals surface area contributed by atoms with Gasteiger partial charge in [-0.15, -0.1) is 0 Å². The summed E-state index contributed by atoms with van der Waals surface area (Å²) in [6, 6.07) is 7.37. The van der Waals surface area contributed by atoms with Gasteiger partial charge in [0, 0.05) is 35.0 Å². The highest BCUT2D eigenvalue weighted by atomic mass is 79.9. The molecule has 6 heteroatoms. The molecule has 0 radical (unpaired) electrons. The summed E-state index contributed by atoms with van der Waals surface area (Å²) in [6.07, 6.45) is 6.55. The van der Waals surface area contributed by atoms with E-state index in [-0.39, 0.29) is 0 Å². The topological polar surface area (TPSA) is 50.3 Å². The minimum Gasteiger partial charge on any atom is -0.379 e. The van der Waals surface area contributed by atoms with Gasteiger partial charge in [0.25, 0.3) is 0 Å². The molecule has 1 N–H and O–H groups in total. The van der Waals surface area contributed by atoms with Crippen LogP contribution in [0.4, 0.5) is 5.82 Å². The van der Waals surface area contributed by atoms with Crippen LogP contribution in [-0.4, -0.2) is 53.3 Å². The van der Waals surface area contributed by atoms with Crippen molar-refractivity contribution in [3.63, 3.8) is 0 Å². The van der Waals surface area contributed by atoms with E-state index in [0.717, 1.165) is 53.5 Å². The lowest BCUT2D eigenvalue weighted by atomic mass is 9.90. The van der Waals surface area contributed by atoms with Gasteiger partial charge >= 0.3 is 0 Å². The number of halogens is 1. The van der Waals surface area contributed by atoms with Gasteiger partial charge in [-0.05, 0) is 43.9 Å². The van der Waals surface area contributed by atoms with Gasteiger partial charge in [0.1, 0.15) is 12.1 Å². The summed E-state index contributed by atoms with van der Waals surface area (Å²) in [5.74, 6) is 0.955. The molecule has 2 heterocycles. The number of rotatable bonds is 3. The molecule has 0 bridgehead atoms. The van der Waals surface area contributed by atoms with Crippen molar-refractivity contribution in [2.45, 2.75) is 51.6 Å². The van der Waals surface area contributed by atoms with Gasteiger partial charge in [0.15, 0.2) is 0 Å². The molecule has 2 fully saturated rings. The van der Waals surface area contributed by atoms with Crippen LogP contribution in [-0.2, 0) is 4.74 Å². The summed E-state index contributed by atoms with van der Waals surface area (Å²) in [5, 5.41) is 4.74. The fourth-order valence-electron chi connectivity index (χ4n) is 3.87. The number of aromatic nitrogens is 2. The average molecular weight is 421 g/mol. The van der Waals surface area contributed by atoms with Crippen molar-refractivity contribution in [3.8, 4) is 0 Å². The zero-order valence-electron chi connectivity index (χ0n) is 15.7. The summed E-state index contributed by atoms with van der Waals surface area (Å²) in [4.78, 5) is 11.4. The number of fused-ring (bicyclic) bond motifs is 1. The molecule has 2 aliphatic rings. The van der Waals surface area contributed by atoms with Crippen LogP contribution >= 0.6 is 15.9 Å². The zero-order chi connectivity index (χ0) is 18.4. The van der Waals surface area contributed by atoms with Crippen LogP contribution in [0.15, 0.2) is 29.0 Å². The molecular weight excluding hydrogens is 392 g/mol. The van der Waals surface area contributed by atoms with E-state index in [9.17, 15) is 0 Å². The Kier molecular flexibility index (Phi) is 7.23. The van der Waals surface area contributed by atoms with Crippen LogP contribution in [0.2, 0.25) is 0 Å². The lowest BCUT2D eigenvalue weighted by Crippen LogP contribution is -2.46. The first-order valence-electron chi connectivity index (χ1n) is 9.78. The Morgan fingerprint density at radius 1 is 1.08 bits per heavy atom. The number of ether oxygens (including phenoxy) is 1. The van der Waals surface area contributed by atoms with Crippen LogP contribution in [0.25, 0.3) is 10.9 Å². The van der Waals surface area contributed by atoms with E-state index in [0.29, 0.717) is 6.04 Å². The standard InChI is InChI=1S/C18H23BrN4O.C2H6/c19-13-1-6-17-16(11-13)18(21-12-20-17)22-14-2-4-15(5-3-14)23-7-9-24-10-8-23;1-2/h1,6,11-12,14-15H,2-5,7-10H2,(H,20,21,22);1-2H3. The first-order chi connectivity index (χ1) is 12.8. The number of hydrogen-bond donors (Lipinski definition) is 1. The van der Waals surface area contributed by atoms with Gasteiger partial charge in [-0.1, -0.05) is 29.8 Å². The SMILES string of the molecule is Brc1ccc2ncnc(NC3CCC(N4CCOCC4)CC3)c2c1.CC. The molecule has 1 aromatic heterocycles. The third-order valence-electron chi connectivity index (χ3n) is 5.20. The van der Waals surface area contributed by atoms with Crippen LogP contribution < -0.4 is 5.32 Å². The smallest absolute Gasteiger partial charge is 0.137 e. The molecule has 142 valence electrons. The molecule has 1 saturated heterocycles. The minimum atomic E-state index is 0.499. The van der Waals surface area contributed by atoms with Crippen LogP contribution in [0.5, 0.6) is 0 Å². The maximum atomic E-state index is 5.47. The highest BCUT2D eigenvalue weighted by molar-refractivity contribution is 9.10. The molecule has 1 aliphatic carbocycles. The van der Waals surface area contributed by atoms with Crippen molar-refractivity contribution in [1.82, 2.24) is 14.9 Å². The van der Waals surface area contributed by atoms with Gasteiger partial charge in [0.2, 0.25) is 0 Å². The Labute approximate surface area is 164 Å². The Morgan fingerprint density at radius 3 is 2.54 bits per heavy atom. The molecule has 5 nitrogen and oxygen atoms in total. The Hall–Kier alpha value is -1.24. The summed E-state index contributed by atoms with van der Waals surface area (Å²) in [6.45, 7) is 7.96. The quantitative estimate of drug-likeness (QED) is 0.793. The average Bonchev–Trinajstić information content (AvgIpc) is 2.71. The summed E-state index contributed by atoms with van der Waals surface area (Å²) in [7, 11) is 0. The molecule has 2 aromatic rings. The maximum Gasteiger partial charge on any atom is 0.137 e. The van der Waals surface area contributed by atoms with Crippen molar-refractivity contribution in [3.05, 3.63) is 29.0 Å². The van der Waals surface area contributed by atoms with Crippen LogP contribution in [0.1, 0.15) is 39.5 Å². The highest BCUT2D eigenvalue weighted by Gasteiger charge is 2.27. The second-order valence-electron chi connectivity index (χ2n) is 6.68. The second kappa shape index (κ2) is 9.62. The molecule has 0 unspecified atom stereocenters. The summed E-state index contributed by atoms with van der Waals surface area (Å²) < 4.78 is 6.53. The fraction of sp³-hybridized carbons (Fsp3) is 0.600. The van der Waals surface area contributed by atoms with Gasteiger partial charge in [0.05, 0.1) is 18.7 Å². The molecule has 1 saturated carbocycles. The van der Waals surface area contributed by atoms with Crippen molar-refractivity contribution >= 4 is 32.7 Å². The molecule has 4 rings (SSSR count). The molecule has 26 heavy (non-hydrogen) atoms. The van der Waals surface area contributed by atoms with Crippen LogP contribution in [0, 0.1) is 0 Å². The van der Waals surface area contributed by atoms with E-state index in [1.165, 1.54) is 25.7 Å². The molecule has 1 aliphatic heterocycles. The Morgan fingerprint density at radius 2 is 1.81 bits per heavy atom. The van der Waals surface area contributed by atoms with Crippen molar-refractivity contribution in [2.75, 3.05) is 31.6 Å². The normalized spacial score (nSPS) is 24.0. The second-order valence-corrected chi connectivity index (χ2v) is 7.60. The minimum absolute atomic E-state index is 0.499. The van der Waals surface area contributed by atoms with E-state index < -0.39 is 0 Å². The monoisotopic (exact) mass is 420 g/mol. The van der Waals surface area contributed by atoms with Crippen LogP contribution in [0.3, 0.4) is 0 Å². The predicted molar refractivity (Wildman–Crippen MR) is 111 cm³/mol. The zero-order valence-corrected chi connectivity index (χ0v) is 17.3. The number of hydrogen-bond acceptors (Lipinski definition) is 5. The lowest BCUT2D eigenvalue weighted by Gasteiger charge is -2.39. The third-order valence-corrected chi connectivity index (χ3v) is 5.69. The van der Waals surface area contributed by atoms with Gasteiger partial charge in [-0.25, -0.2) is 9.97 Å². The fourth-order valence-corrected chi connectivity index (χ4v) is 4.23. The Balaban J connectivity index is 0.000000948. The van der Waals surface area contributed by atoms with E-state index in [4.69, 9.17) is 4.74 Å². The number of nitrogens with zero attached hydrogens (tertiary/aromatic N) is 3. The third kappa shape index (κ3) is 4.72. The predicted octanol–water partition coefficient (Wildman–Crippen LogP) is 4.47. The maximum absolute atomic E-state index is 5.47. The van der Waals surface area contributed by atoms with Gasteiger partial charge in [-0.2, -0.15) is 0 Å². The highest BCUT2D eigenvalue weighted by Crippen LogP contribution is 2.28. The molecular formula is C20H29BrN4O.